The molecule has 1 heterocycles. The SMILES string of the molecule is CCOc1nc(N)nc(-c2cc(F)c(F)cc2F)n1. The van der Waals surface area contributed by atoms with Crippen LogP contribution in [-0.2, 0) is 0 Å². The van der Waals surface area contributed by atoms with Crippen LogP contribution in [0, 0.1) is 17.5 Å². The molecular weight excluding hydrogens is 261 g/mol. The van der Waals surface area contributed by atoms with Gasteiger partial charge in [-0.2, -0.15) is 15.0 Å². The highest BCUT2D eigenvalue weighted by molar-refractivity contribution is 5.57. The minimum absolute atomic E-state index is 0.117. The van der Waals surface area contributed by atoms with Gasteiger partial charge in [0.2, 0.25) is 5.95 Å². The van der Waals surface area contributed by atoms with Crippen LogP contribution in [0.3, 0.4) is 0 Å². The van der Waals surface area contributed by atoms with Crippen LogP contribution in [0.15, 0.2) is 12.1 Å². The molecule has 5 nitrogen and oxygen atoms in total. The summed E-state index contributed by atoms with van der Waals surface area (Å²) in [6, 6.07) is 0.939. The molecule has 0 aliphatic heterocycles. The first-order valence-electron chi connectivity index (χ1n) is 5.30. The molecule has 0 saturated heterocycles. The van der Waals surface area contributed by atoms with Gasteiger partial charge >= 0.3 is 6.01 Å². The fraction of sp³-hybridized carbons (Fsp3) is 0.182. The molecule has 0 fully saturated rings. The Labute approximate surface area is 106 Å². The molecule has 0 aliphatic carbocycles. The predicted molar refractivity (Wildman–Crippen MR) is 60.7 cm³/mol. The van der Waals surface area contributed by atoms with E-state index in [4.69, 9.17) is 10.5 Å². The highest BCUT2D eigenvalue weighted by Gasteiger charge is 2.15. The van der Waals surface area contributed by atoms with E-state index < -0.39 is 17.5 Å². The third-order valence-corrected chi connectivity index (χ3v) is 2.16. The maximum Gasteiger partial charge on any atom is 0.321 e. The molecule has 0 aliphatic rings. The summed E-state index contributed by atoms with van der Waals surface area (Å²) in [5.74, 6) is -3.96. The average molecular weight is 270 g/mol. The van der Waals surface area contributed by atoms with E-state index in [1.807, 2.05) is 0 Å². The summed E-state index contributed by atoms with van der Waals surface area (Å²) in [7, 11) is 0. The third-order valence-electron chi connectivity index (χ3n) is 2.16. The first-order valence-corrected chi connectivity index (χ1v) is 5.30. The van der Waals surface area contributed by atoms with Gasteiger partial charge in [0.1, 0.15) is 5.82 Å². The molecule has 0 amide bonds. The van der Waals surface area contributed by atoms with Gasteiger partial charge in [0.15, 0.2) is 17.5 Å². The molecule has 1 aromatic carbocycles. The highest BCUT2D eigenvalue weighted by atomic mass is 19.2. The van der Waals surface area contributed by atoms with E-state index in [2.05, 4.69) is 15.0 Å². The molecule has 0 unspecified atom stereocenters. The molecular formula is C11H9F3N4O. The van der Waals surface area contributed by atoms with Crippen LogP contribution in [0.2, 0.25) is 0 Å². The Bertz CT molecular complexity index is 621. The van der Waals surface area contributed by atoms with Gasteiger partial charge in [-0.15, -0.1) is 0 Å². The number of ether oxygens (including phenoxy) is 1. The monoisotopic (exact) mass is 270 g/mol. The number of rotatable bonds is 3. The van der Waals surface area contributed by atoms with Crippen LogP contribution in [0.25, 0.3) is 11.4 Å². The number of anilines is 1. The van der Waals surface area contributed by atoms with Crippen LogP contribution in [0.1, 0.15) is 6.92 Å². The van der Waals surface area contributed by atoms with Crippen molar-refractivity contribution in [3.8, 4) is 17.4 Å². The Kier molecular flexibility index (Phi) is 3.50. The molecule has 2 rings (SSSR count). The van der Waals surface area contributed by atoms with E-state index in [0.717, 1.165) is 0 Å². The van der Waals surface area contributed by atoms with Crippen LogP contribution in [0.5, 0.6) is 6.01 Å². The average Bonchev–Trinajstić information content (AvgIpc) is 2.33. The lowest BCUT2D eigenvalue weighted by Crippen LogP contribution is -2.05. The van der Waals surface area contributed by atoms with Gasteiger partial charge in [0.25, 0.3) is 0 Å². The summed E-state index contributed by atoms with van der Waals surface area (Å²) >= 11 is 0. The molecule has 0 saturated carbocycles. The van der Waals surface area contributed by atoms with E-state index in [-0.39, 0.29) is 30.0 Å². The van der Waals surface area contributed by atoms with Crippen LogP contribution >= 0.6 is 0 Å². The van der Waals surface area contributed by atoms with E-state index in [9.17, 15) is 13.2 Å². The Hall–Kier alpha value is -2.38. The molecule has 2 aromatic rings. The number of hydrogen-bond acceptors (Lipinski definition) is 5. The van der Waals surface area contributed by atoms with E-state index >= 15 is 0 Å². The van der Waals surface area contributed by atoms with Gasteiger partial charge in [-0.1, -0.05) is 0 Å². The number of benzene rings is 1. The lowest BCUT2D eigenvalue weighted by Gasteiger charge is -2.06. The van der Waals surface area contributed by atoms with Crippen molar-refractivity contribution in [1.29, 1.82) is 0 Å². The molecule has 0 atom stereocenters. The minimum Gasteiger partial charge on any atom is -0.464 e. The number of nitrogen functional groups attached to an aromatic ring is 1. The van der Waals surface area contributed by atoms with Crippen LogP contribution < -0.4 is 10.5 Å². The quantitative estimate of drug-likeness (QED) is 0.863. The zero-order chi connectivity index (χ0) is 14.0. The van der Waals surface area contributed by atoms with Crippen molar-refractivity contribution in [2.24, 2.45) is 0 Å². The van der Waals surface area contributed by atoms with Gasteiger partial charge in [0.05, 0.1) is 12.2 Å². The number of hydrogen-bond donors (Lipinski definition) is 1. The topological polar surface area (TPSA) is 73.9 Å². The summed E-state index contributed by atoms with van der Waals surface area (Å²) in [5.41, 5.74) is 5.09. The summed E-state index contributed by atoms with van der Waals surface area (Å²) in [6.07, 6.45) is 0. The normalized spacial score (nSPS) is 10.5. The lowest BCUT2D eigenvalue weighted by atomic mass is 10.2. The number of nitrogens with zero attached hydrogens (tertiary/aromatic N) is 3. The summed E-state index contributed by atoms with van der Waals surface area (Å²) in [5, 5.41) is 0. The van der Waals surface area contributed by atoms with Gasteiger partial charge in [0, 0.05) is 6.07 Å². The first kappa shape index (κ1) is 13.1. The highest BCUT2D eigenvalue weighted by Crippen LogP contribution is 2.23. The smallest absolute Gasteiger partial charge is 0.321 e. The fourth-order valence-corrected chi connectivity index (χ4v) is 1.38. The number of nitrogens with two attached hydrogens (primary N) is 1. The number of halogens is 3. The first-order chi connectivity index (χ1) is 9.01. The largest absolute Gasteiger partial charge is 0.464 e. The molecule has 2 N–H and O–H groups in total. The second-order valence-corrected chi connectivity index (χ2v) is 3.48. The Morgan fingerprint density at radius 1 is 1.05 bits per heavy atom. The standard InChI is InChI=1S/C11H9F3N4O/c1-2-19-11-17-9(16-10(15)18-11)5-3-7(13)8(14)4-6(5)12/h3-4H,2H2,1H3,(H2,15,16,17,18). The van der Waals surface area contributed by atoms with E-state index in [1.54, 1.807) is 6.92 Å². The summed E-state index contributed by atoms with van der Waals surface area (Å²) in [4.78, 5) is 11.1. The van der Waals surface area contributed by atoms with Gasteiger partial charge in [-0.3, -0.25) is 0 Å². The number of aromatic nitrogens is 3. The molecule has 0 bridgehead atoms. The van der Waals surface area contributed by atoms with Crippen molar-refractivity contribution in [3.05, 3.63) is 29.6 Å². The summed E-state index contributed by atoms with van der Waals surface area (Å²) in [6.45, 7) is 1.96. The van der Waals surface area contributed by atoms with Crippen molar-refractivity contribution in [3.63, 3.8) is 0 Å². The Morgan fingerprint density at radius 2 is 1.74 bits per heavy atom. The van der Waals surface area contributed by atoms with Gasteiger partial charge < -0.3 is 10.5 Å². The zero-order valence-corrected chi connectivity index (χ0v) is 9.82. The lowest BCUT2D eigenvalue weighted by molar-refractivity contribution is 0.312. The van der Waals surface area contributed by atoms with Crippen molar-refractivity contribution in [2.75, 3.05) is 12.3 Å². The zero-order valence-electron chi connectivity index (χ0n) is 9.82. The fourth-order valence-electron chi connectivity index (χ4n) is 1.38. The summed E-state index contributed by atoms with van der Waals surface area (Å²) < 4.78 is 44.5. The van der Waals surface area contributed by atoms with E-state index in [0.29, 0.717) is 12.1 Å². The van der Waals surface area contributed by atoms with Crippen molar-refractivity contribution in [2.45, 2.75) is 6.92 Å². The second kappa shape index (κ2) is 5.09. The molecule has 100 valence electrons. The van der Waals surface area contributed by atoms with Crippen LogP contribution in [-0.4, -0.2) is 21.6 Å². The van der Waals surface area contributed by atoms with Gasteiger partial charge in [-0.05, 0) is 13.0 Å². The minimum atomic E-state index is -1.30. The maximum atomic E-state index is 13.6. The maximum absolute atomic E-state index is 13.6. The van der Waals surface area contributed by atoms with E-state index in [1.165, 1.54) is 0 Å². The second-order valence-electron chi connectivity index (χ2n) is 3.48. The van der Waals surface area contributed by atoms with Crippen molar-refractivity contribution >= 4 is 5.95 Å². The van der Waals surface area contributed by atoms with Gasteiger partial charge in [-0.25, -0.2) is 13.2 Å². The molecule has 1 aromatic heterocycles. The molecule has 0 radical (unpaired) electrons. The van der Waals surface area contributed by atoms with Crippen LogP contribution in [0.4, 0.5) is 19.1 Å². The van der Waals surface area contributed by atoms with Crippen molar-refractivity contribution < 1.29 is 17.9 Å². The Balaban J connectivity index is 2.55. The molecule has 8 heteroatoms. The molecule has 0 spiro atoms. The van der Waals surface area contributed by atoms with Crippen molar-refractivity contribution in [1.82, 2.24) is 15.0 Å². The predicted octanol–water partition coefficient (Wildman–Crippen LogP) is 1.94. The molecule has 19 heavy (non-hydrogen) atoms. The Morgan fingerprint density at radius 3 is 2.42 bits per heavy atom. The third kappa shape index (κ3) is 2.72.